The van der Waals surface area contributed by atoms with Crippen LogP contribution in [0.3, 0.4) is 0 Å². The summed E-state index contributed by atoms with van der Waals surface area (Å²) in [4.78, 5) is 13.3. The van der Waals surface area contributed by atoms with Gasteiger partial charge in [0.25, 0.3) is 0 Å². The van der Waals surface area contributed by atoms with Gasteiger partial charge in [-0.2, -0.15) is 3.89 Å². The molecule has 3 aliphatic heterocycles. The minimum absolute atomic E-state index is 0.250. The highest BCUT2D eigenvalue weighted by molar-refractivity contribution is 9.11. The van der Waals surface area contributed by atoms with E-state index in [2.05, 4.69) is 118 Å². The van der Waals surface area contributed by atoms with Crippen molar-refractivity contribution in [1.82, 2.24) is 15.0 Å². The third kappa shape index (κ3) is 9.57. The second-order valence-corrected chi connectivity index (χ2v) is 12.5. The smallest absolute Gasteiger partial charge is 0.106 e. The first-order valence-corrected chi connectivity index (χ1v) is 16.6. The van der Waals surface area contributed by atoms with Gasteiger partial charge in [-0.05, 0) is 103 Å². The van der Waals surface area contributed by atoms with Crippen molar-refractivity contribution in [1.29, 1.82) is 0 Å². The van der Waals surface area contributed by atoms with Gasteiger partial charge >= 0.3 is 0 Å². The van der Waals surface area contributed by atoms with Crippen LogP contribution in [0.5, 0.6) is 0 Å². The average molecular weight is 747 g/mol. The van der Waals surface area contributed by atoms with Gasteiger partial charge in [-0.3, -0.25) is 0 Å². The minimum Gasteiger partial charge on any atom is -0.384 e. The summed E-state index contributed by atoms with van der Waals surface area (Å²) in [6.45, 7) is 9.86. The highest BCUT2D eigenvalue weighted by atomic mass is 79.9. The van der Waals surface area contributed by atoms with E-state index in [1.54, 1.807) is 0 Å². The number of pyridine rings is 3. The van der Waals surface area contributed by atoms with E-state index < -0.39 is 0 Å². The van der Waals surface area contributed by atoms with Crippen molar-refractivity contribution < 1.29 is 3.89 Å². The fourth-order valence-electron chi connectivity index (χ4n) is 4.61. The maximum absolute atomic E-state index is 10.2. The number of hydrogen-bond acceptors (Lipinski definition) is 7. The van der Waals surface area contributed by atoms with E-state index in [-0.39, 0.29) is 12.1 Å². The maximum Gasteiger partial charge on any atom is 0.106 e. The number of anilines is 3. The van der Waals surface area contributed by atoms with E-state index in [1.165, 1.54) is 59.7 Å². The van der Waals surface area contributed by atoms with Crippen LogP contribution in [0.2, 0.25) is 0 Å². The zero-order chi connectivity index (χ0) is 28.4. The van der Waals surface area contributed by atoms with Gasteiger partial charge in [-0.25, -0.2) is 15.0 Å². The van der Waals surface area contributed by atoms with Gasteiger partial charge in [0.15, 0.2) is 0 Å². The molecule has 0 amide bonds. The topological polar surface area (TPSA) is 74.8 Å². The van der Waals surface area contributed by atoms with E-state index in [0.717, 1.165) is 33.4 Å². The molecule has 39 heavy (non-hydrogen) atoms. The first kappa shape index (κ1) is 32.1. The molecule has 0 radical (unpaired) electrons. The third-order valence-corrected chi connectivity index (χ3v) is 8.08. The number of nitrogens with zero attached hydrogens (tertiary/aromatic N) is 3. The van der Waals surface area contributed by atoms with Crippen LogP contribution in [0.15, 0.2) is 50.2 Å². The van der Waals surface area contributed by atoms with Gasteiger partial charge in [0, 0.05) is 55.8 Å². The molecule has 212 valence electrons. The molecule has 11 heteroatoms. The van der Waals surface area contributed by atoms with Crippen molar-refractivity contribution in [2.75, 3.05) is 41.8 Å². The van der Waals surface area contributed by atoms with E-state index >= 15 is 0 Å². The van der Waals surface area contributed by atoms with Crippen molar-refractivity contribution in [2.45, 2.75) is 57.8 Å². The second-order valence-electron chi connectivity index (χ2n) is 9.70. The van der Waals surface area contributed by atoms with Gasteiger partial charge in [0.1, 0.15) is 13.8 Å². The summed E-state index contributed by atoms with van der Waals surface area (Å²) in [5.41, 5.74) is 7.15. The Morgan fingerprint density at radius 3 is 1.13 bits per heavy atom. The minimum atomic E-state index is 0.250. The Balaban J connectivity index is 0.000000154. The summed E-state index contributed by atoms with van der Waals surface area (Å²) in [7, 11) is 0. The van der Waals surface area contributed by atoms with Crippen molar-refractivity contribution in [3.63, 3.8) is 0 Å². The van der Waals surface area contributed by atoms with Crippen molar-refractivity contribution in [3.8, 4) is 0 Å². The second kappa shape index (κ2) is 16.1. The lowest BCUT2D eigenvalue weighted by Gasteiger charge is -2.22. The number of halogens is 4. The molecule has 3 atom stereocenters. The molecule has 0 aliphatic carbocycles. The Morgan fingerprint density at radius 2 is 0.872 bits per heavy atom. The highest BCUT2D eigenvalue weighted by Gasteiger charge is 2.18. The lowest BCUT2D eigenvalue weighted by Crippen LogP contribution is -2.16. The molecular formula is C28H36Br3FN6S. The van der Waals surface area contributed by atoms with Crippen molar-refractivity contribution in [2.24, 2.45) is 0 Å². The van der Waals surface area contributed by atoms with Crippen LogP contribution in [-0.4, -0.2) is 40.8 Å². The van der Waals surface area contributed by atoms with Crippen LogP contribution in [-0.2, 0) is 0 Å². The van der Waals surface area contributed by atoms with Crippen LogP contribution in [0.1, 0.15) is 74.9 Å². The van der Waals surface area contributed by atoms with Gasteiger partial charge in [-0.15, -0.1) is 0 Å². The van der Waals surface area contributed by atoms with Gasteiger partial charge < -0.3 is 16.0 Å². The van der Waals surface area contributed by atoms with Gasteiger partial charge in [-0.1, -0.05) is 20.8 Å². The molecule has 0 saturated heterocycles. The summed E-state index contributed by atoms with van der Waals surface area (Å²) in [5, 5.41) is 10.0. The SMILES string of the molecule is CC1CCNc2ccc(Br)nc21.CSF.C[C@@H]1CCNc2ccc(Br)nc21.C[C@H]1CCNc2ccc(Br)nc21. The quantitative estimate of drug-likeness (QED) is 0.198. The maximum atomic E-state index is 10.2. The summed E-state index contributed by atoms with van der Waals surface area (Å²) in [6, 6.07) is 12.2. The van der Waals surface area contributed by atoms with Crippen LogP contribution >= 0.6 is 59.9 Å². The van der Waals surface area contributed by atoms with Crippen molar-refractivity contribution >= 4 is 77.0 Å². The average Bonchev–Trinajstić information content (AvgIpc) is 2.92. The molecule has 0 aromatic carbocycles. The third-order valence-electron chi connectivity index (χ3n) is 6.75. The van der Waals surface area contributed by atoms with Crippen LogP contribution in [0, 0.1) is 0 Å². The molecule has 0 bridgehead atoms. The summed E-state index contributed by atoms with van der Waals surface area (Å²) < 4.78 is 13.0. The van der Waals surface area contributed by atoms with E-state index in [9.17, 15) is 3.89 Å². The molecule has 3 aromatic heterocycles. The fourth-order valence-corrected chi connectivity index (χ4v) is 5.58. The number of aromatic nitrogens is 3. The van der Waals surface area contributed by atoms with Crippen molar-refractivity contribution in [3.05, 3.63) is 67.3 Å². The summed E-state index contributed by atoms with van der Waals surface area (Å²) in [6.07, 6.45) is 4.91. The van der Waals surface area contributed by atoms with Gasteiger partial charge in [0.2, 0.25) is 0 Å². The molecule has 3 N–H and O–H groups in total. The Kier molecular flexibility index (Phi) is 13.3. The largest absolute Gasteiger partial charge is 0.384 e. The zero-order valence-corrected chi connectivity index (χ0v) is 28.3. The zero-order valence-electron chi connectivity index (χ0n) is 22.7. The van der Waals surface area contributed by atoms with E-state index in [0.29, 0.717) is 17.8 Å². The Hall–Kier alpha value is -1.43. The lowest BCUT2D eigenvalue weighted by atomic mass is 9.98. The van der Waals surface area contributed by atoms with E-state index in [4.69, 9.17) is 0 Å². The molecule has 1 unspecified atom stereocenters. The normalized spacial score (nSPS) is 20.2. The van der Waals surface area contributed by atoms with Gasteiger partial charge in [0.05, 0.1) is 34.1 Å². The highest BCUT2D eigenvalue weighted by Crippen LogP contribution is 2.32. The number of hydrogen-bond donors (Lipinski definition) is 3. The van der Waals surface area contributed by atoms with Crippen LogP contribution in [0.25, 0.3) is 0 Å². The molecule has 6 nitrogen and oxygen atoms in total. The Bertz CT molecular complexity index is 1070. The molecule has 0 saturated carbocycles. The Labute approximate surface area is 261 Å². The first-order valence-electron chi connectivity index (χ1n) is 13.1. The van der Waals surface area contributed by atoms with E-state index in [1.807, 2.05) is 18.2 Å². The first-order chi connectivity index (χ1) is 18.7. The lowest BCUT2D eigenvalue weighted by molar-refractivity contribution is 0.660. The fraction of sp³-hybridized carbons (Fsp3) is 0.464. The summed E-state index contributed by atoms with van der Waals surface area (Å²) in [5.74, 6) is 1.75. The molecule has 3 aromatic rings. The number of nitrogens with one attached hydrogen (secondary N) is 3. The van der Waals surface area contributed by atoms with Crippen LogP contribution < -0.4 is 16.0 Å². The molecule has 0 spiro atoms. The standard InChI is InChI=1S/3C9H11BrN2.CH3FS/c3*1-6-4-5-11-7-2-3-8(10)12-9(6)7;1-3-2/h3*2-3,6,11H,4-5H2,1H3;1H3/t2*6-;;/m10../s1. The number of fused-ring (bicyclic) bond motifs is 3. The molecule has 6 rings (SSSR count). The van der Waals surface area contributed by atoms with Crippen LogP contribution in [0.4, 0.5) is 20.9 Å². The molecule has 6 heterocycles. The molecule has 0 fully saturated rings. The summed E-state index contributed by atoms with van der Waals surface area (Å²) >= 11 is 10.4. The number of rotatable bonds is 0. The molecular weight excluding hydrogens is 711 g/mol. The monoisotopic (exact) mass is 744 g/mol. The molecule has 3 aliphatic rings. The predicted molar refractivity (Wildman–Crippen MR) is 175 cm³/mol. The Morgan fingerprint density at radius 1 is 0.615 bits per heavy atom. The predicted octanol–water partition coefficient (Wildman–Crippen LogP) is 9.52.